The maximum Gasteiger partial charge on any atom is 0.0585 e. The van der Waals surface area contributed by atoms with E-state index in [0.717, 1.165) is 18.1 Å². The summed E-state index contributed by atoms with van der Waals surface area (Å²) in [5.74, 6) is 2.10. The fourth-order valence-corrected chi connectivity index (χ4v) is 2.33. The van der Waals surface area contributed by atoms with Crippen LogP contribution in [0.15, 0.2) is 0 Å². The standard InChI is InChI=1S/C11H23NOS/c1-9(7-10-3-4-10)12-11(8-13)5-6-14-2/h9-13H,3-8H2,1-2H3. The van der Waals surface area contributed by atoms with E-state index in [4.69, 9.17) is 0 Å². The molecule has 14 heavy (non-hydrogen) atoms. The molecular weight excluding hydrogens is 194 g/mol. The fraction of sp³-hybridized carbons (Fsp3) is 1.00. The van der Waals surface area contributed by atoms with Gasteiger partial charge in [-0.3, -0.25) is 0 Å². The SMILES string of the molecule is CSCCC(CO)NC(C)CC1CC1. The van der Waals surface area contributed by atoms with Gasteiger partial charge in [-0.25, -0.2) is 0 Å². The number of hydrogen-bond acceptors (Lipinski definition) is 3. The van der Waals surface area contributed by atoms with Crippen LogP contribution in [0.3, 0.4) is 0 Å². The minimum absolute atomic E-state index is 0.273. The lowest BCUT2D eigenvalue weighted by molar-refractivity contribution is 0.227. The van der Waals surface area contributed by atoms with Crippen LogP contribution in [-0.2, 0) is 0 Å². The number of nitrogens with one attached hydrogen (secondary N) is 1. The van der Waals surface area contributed by atoms with Gasteiger partial charge in [-0.05, 0) is 37.7 Å². The highest BCUT2D eigenvalue weighted by Crippen LogP contribution is 2.33. The van der Waals surface area contributed by atoms with Gasteiger partial charge in [0, 0.05) is 12.1 Å². The maximum absolute atomic E-state index is 9.18. The Morgan fingerprint density at radius 2 is 2.21 bits per heavy atom. The highest BCUT2D eigenvalue weighted by molar-refractivity contribution is 7.98. The summed E-state index contributed by atoms with van der Waals surface area (Å²) in [6, 6.07) is 0.873. The topological polar surface area (TPSA) is 32.3 Å². The molecule has 0 aromatic rings. The lowest BCUT2D eigenvalue weighted by Crippen LogP contribution is -2.39. The molecule has 0 saturated heterocycles. The molecule has 0 bridgehead atoms. The fourth-order valence-electron chi connectivity index (χ4n) is 1.81. The van der Waals surface area contributed by atoms with Crippen LogP contribution in [0.4, 0.5) is 0 Å². The molecular formula is C11H23NOS. The number of aliphatic hydroxyl groups is 1. The first-order valence-electron chi connectivity index (χ1n) is 5.62. The highest BCUT2D eigenvalue weighted by atomic mass is 32.2. The van der Waals surface area contributed by atoms with Crippen LogP contribution in [0.1, 0.15) is 32.6 Å². The highest BCUT2D eigenvalue weighted by Gasteiger charge is 2.24. The van der Waals surface area contributed by atoms with E-state index in [1.165, 1.54) is 19.3 Å². The molecule has 0 radical (unpaired) electrons. The van der Waals surface area contributed by atoms with Gasteiger partial charge in [-0.2, -0.15) is 11.8 Å². The van der Waals surface area contributed by atoms with E-state index < -0.39 is 0 Å². The van der Waals surface area contributed by atoms with Crippen molar-refractivity contribution in [1.82, 2.24) is 5.32 Å². The van der Waals surface area contributed by atoms with E-state index in [-0.39, 0.29) is 6.61 Å². The molecule has 0 aliphatic heterocycles. The lowest BCUT2D eigenvalue weighted by atomic mass is 10.1. The summed E-state index contributed by atoms with van der Waals surface area (Å²) < 4.78 is 0. The van der Waals surface area contributed by atoms with Gasteiger partial charge in [-0.15, -0.1) is 0 Å². The largest absolute Gasteiger partial charge is 0.395 e. The van der Waals surface area contributed by atoms with Crippen LogP contribution in [0, 0.1) is 5.92 Å². The average Bonchev–Trinajstić information content (AvgIpc) is 2.95. The van der Waals surface area contributed by atoms with Gasteiger partial charge in [0.25, 0.3) is 0 Å². The Labute approximate surface area is 91.9 Å². The summed E-state index contributed by atoms with van der Waals surface area (Å²) in [5, 5.41) is 12.7. The molecule has 1 aliphatic rings. The van der Waals surface area contributed by atoms with Crippen molar-refractivity contribution in [1.29, 1.82) is 0 Å². The van der Waals surface area contributed by atoms with Crippen LogP contribution in [-0.4, -0.2) is 35.8 Å². The first kappa shape index (κ1) is 12.3. The predicted molar refractivity (Wildman–Crippen MR) is 63.8 cm³/mol. The normalized spacial score (nSPS) is 20.8. The zero-order chi connectivity index (χ0) is 10.4. The first-order valence-corrected chi connectivity index (χ1v) is 7.01. The van der Waals surface area contributed by atoms with Gasteiger partial charge >= 0.3 is 0 Å². The Morgan fingerprint density at radius 3 is 2.71 bits per heavy atom. The Hall–Kier alpha value is 0.270. The van der Waals surface area contributed by atoms with Crippen molar-refractivity contribution in [2.75, 3.05) is 18.6 Å². The molecule has 2 N–H and O–H groups in total. The molecule has 1 saturated carbocycles. The van der Waals surface area contributed by atoms with Crippen molar-refractivity contribution in [3.8, 4) is 0 Å². The third-order valence-corrected chi connectivity index (χ3v) is 3.44. The number of hydrogen-bond donors (Lipinski definition) is 2. The van der Waals surface area contributed by atoms with E-state index in [1.54, 1.807) is 0 Å². The number of thioether (sulfide) groups is 1. The molecule has 2 nitrogen and oxygen atoms in total. The van der Waals surface area contributed by atoms with Crippen LogP contribution < -0.4 is 5.32 Å². The second kappa shape index (κ2) is 6.70. The van der Waals surface area contributed by atoms with E-state index >= 15 is 0 Å². The van der Waals surface area contributed by atoms with Crippen molar-refractivity contribution in [3.63, 3.8) is 0 Å². The smallest absolute Gasteiger partial charge is 0.0585 e. The van der Waals surface area contributed by atoms with Gasteiger partial charge in [0.05, 0.1) is 6.61 Å². The summed E-state index contributed by atoms with van der Waals surface area (Å²) >= 11 is 1.85. The van der Waals surface area contributed by atoms with Crippen molar-refractivity contribution >= 4 is 11.8 Å². The average molecular weight is 217 g/mol. The quantitative estimate of drug-likeness (QED) is 0.651. The van der Waals surface area contributed by atoms with E-state index in [1.807, 2.05) is 11.8 Å². The molecule has 2 atom stereocenters. The lowest BCUT2D eigenvalue weighted by Gasteiger charge is -2.21. The van der Waals surface area contributed by atoms with E-state index in [2.05, 4.69) is 18.5 Å². The molecule has 0 aromatic carbocycles. The molecule has 1 aliphatic carbocycles. The molecule has 0 spiro atoms. The summed E-state index contributed by atoms with van der Waals surface area (Å²) in [4.78, 5) is 0. The van der Waals surface area contributed by atoms with Crippen LogP contribution in [0.2, 0.25) is 0 Å². The van der Waals surface area contributed by atoms with Crippen molar-refractivity contribution in [3.05, 3.63) is 0 Å². The van der Waals surface area contributed by atoms with Crippen molar-refractivity contribution < 1.29 is 5.11 Å². The summed E-state index contributed by atoms with van der Waals surface area (Å²) in [7, 11) is 0. The zero-order valence-corrected chi connectivity index (χ0v) is 10.1. The van der Waals surface area contributed by atoms with Crippen molar-refractivity contribution in [2.45, 2.75) is 44.7 Å². The minimum Gasteiger partial charge on any atom is -0.395 e. The first-order chi connectivity index (χ1) is 6.76. The maximum atomic E-state index is 9.18. The summed E-state index contributed by atoms with van der Waals surface area (Å²) in [6.07, 6.45) is 7.31. The Bertz CT molecular complexity index is 150. The zero-order valence-electron chi connectivity index (χ0n) is 9.33. The summed E-state index contributed by atoms with van der Waals surface area (Å²) in [6.45, 7) is 2.51. The minimum atomic E-state index is 0.273. The Kier molecular flexibility index (Phi) is 5.90. The second-order valence-corrected chi connectivity index (χ2v) is 5.39. The monoisotopic (exact) mass is 217 g/mol. The van der Waals surface area contributed by atoms with Gasteiger partial charge < -0.3 is 10.4 Å². The number of aliphatic hydroxyl groups excluding tert-OH is 1. The van der Waals surface area contributed by atoms with Gasteiger partial charge in [-0.1, -0.05) is 12.8 Å². The van der Waals surface area contributed by atoms with Crippen molar-refractivity contribution in [2.24, 2.45) is 5.92 Å². The van der Waals surface area contributed by atoms with Gasteiger partial charge in [0.15, 0.2) is 0 Å². The van der Waals surface area contributed by atoms with Crippen LogP contribution in [0.5, 0.6) is 0 Å². The second-order valence-electron chi connectivity index (χ2n) is 4.41. The molecule has 1 fully saturated rings. The molecule has 84 valence electrons. The van der Waals surface area contributed by atoms with Crippen LogP contribution >= 0.6 is 11.8 Å². The van der Waals surface area contributed by atoms with E-state index in [0.29, 0.717) is 12.1 Å². The third-order valence-electron chi connectivity index (χ3n) is 2.79. The van der Waals surface area contributed by atoms with E-state index in [9.17, 15) is 5.11 Å². The predicted octanol–water partition coefficient (Wildman–Crippen LogP) is 1.88. The molecule has 0 aromatic heterocycles. The molecule has 2 unspecified atom stereocenters. The van der Waals surface area contributed by atoms with Gasteiger partial charge in [0.2, 0.25) is 0 Å². The molecule has 1 rings (SSSR count). The Morgan fingerprint density at radius 1 is 1.50 bits per heavy atom. The van der Waals surface area contributed by atoms with Crippen LogP contribution in [0.25, 0.3) is 0 Å². The number of rotatable bonds is 8. The van der Waals surface area contributed by atoms with Gasteiger partial charge in [0.1, 0.15) is 0 Å². The third kappa shape index (κ3) is 5.23. The molecule has 0 heterocycles. The molecule has 0 amide bonds. The summed E-state index contributed by atoms with van der Waals surface area (Å²) in [5.41, 5.74) is 0. The molecule has 3 heteroatoms. The Balaban J connectivity index is 2.09.